The summed E-state index contributed by atoms with van der Waals surface area (Å²) in [5, 5.41) is 8.84. The van der Waals surface area contributed by atoms with Crippen LogP contribution in [0.25, 0.3) is 21.8 Å². The molecule has 1 aliphatic heterocycles. The van der Waals surface area contributed by atoms with Crippen molar-refractivity contribution >= 4 is 43.7 Å². The number of rotatable bonds is 5. The van der Waals surface area contributed by atoms with Crippen molar-refractivity contribution in [2.45, 2.75) is 51.7 Å². The molecule has 1 atom stereocenters. The number of nitrogens with zero attached hydrogens (tertiary/aromatic N) is 2. The molecule has 0 amide bonds. The Hall–Kier alpha value is -2.19. The number of fused-ring (bicyclic) bond motifs is 3. The second kappa shape index (κ2) is 8.28. The summed E-state index contributed by atoms with van der Waals surface area (Å²) in [7, 11) is 1.38. The van der Waals surface area contributed by atoms with Crippen LogP contribution in [0.4, 0.5) is 0 Å². The summed E-state index contributed by atoms with van der Waals surface area (Å²) in [5.74, 6) is -0.276. The number of nitrogens with one attached hydrogen (secondary N) is 1. The molecule has 0 bridgehead atoms. The van der Waals surface area contributed by atoms with Gasteiger partial charge in [-0.25, -0.2) is 0 Å². The largest absolute Gasteiger partial charge is 0.469 e. The summed E-state index contributed by atoms with van der Waals surface area (Å²) in [4.78, 5) is 25.0. The molecule has 29 heavy (non-hydrogen) atoms. The number of hydrogen-bond acceptors (Lipinski definition) is 5. The van der Waals surface area contributed by atoms with Crippen LogP contribution in [-0.2, 0) is 20.8 Å². The molecule has 1 N–H and O–H groups in total. The van der Waals surface area contributed by atoms with E-state index < -0.39 is 0 Å². The molecule has 8 heteroatoms. The van der Waals surface area contributed by atoms with Gasteiger partial charge in [0, 0.05) is 35.0 Å². The highest BCUT2D eigenvalue weighted by atomic mass is 79.9. The molecule has 0 saturated carbocycles. The van der Waals surface area contributed by atoms with Crippen LogP contribution in [0.1, 0.15) is 49.5 Å². The number of carbonyl (C=O) groups excluding carboxylic acids is 1. The molecule has 1 fully saturated rings. The first-order valence-electron chi connectivity index (χ1n) is 9.90. The number of halogens is 1. The summed E-state index contributed by atoms with van der Waals surface area (Å²) >= 11 is 3.63. The molecule has 1 aromatic carbocycles. The zero-order valence-corrected chi connectivity index (χ0v) is 18.2. The average Bonchev–Trinajstić information content (AvgIpc) is 3.12. The molecule has 0 radical (unpaired) electrons. The lowest BCUT2D eigenvalue weighted by Gasteiger charge is -2.26. The number of H-pyrrole nitrogens is 1. The molecular formula is C21H24BrN3O4. The smallest absolute Gasteiger partial charge is 0.305 e. The minimum Gasteiger partial charge on any atom is -0.469 e. The first kappa shape index (κ1) is 20.1. The third-order valence-electron chi connectivity index (χ3n) is 5.57. The van der Waals surface area contributed by atoms with Crippen LogP contribution in [0.2, 0.25) is 0 Å². The van der Waals surface area contributed by atoms with Crippen LogP contribution >= 0.6 is 15.9 Å². The second-order valence-corrected chi connectivity index (χ2v) is 8.36. The van der Waals surface area contributed by atoms with E-state index in [1.54, 1.807) is 4.57 Å². The number of esters is 1. The van der Waals surface area contributed by atoms with E-state index in [0.29, 0.717) is 24.0 Å². The van der Waals surface area contributed by atoms with Gasteiger partial charge in [-0.3, -0.25) is 14.7 Å². The van der Waals surface area contributed by atoms with Crippen LogP contribution in [0, 0.1) is 6.92 Å². The molecule has 4 rings (SSSR count). The van der Waals surface area contributed by atoms with Gasteiger partial charge in [0.15, 0.2) is 0 Å². The van der Waals surface area contributed by atoms with E-state index in [2.05, 4.69) is 26.1 Å². The number of ether oxygens (including phenoxy) is 2. The number of hydrogen-bond donors (Lipinski definition) is 1. The van der Waals surface area contributed by atoms with Gasteiger partial charge in [0.1, 0.15) is 0 Å². The summed E-state index contributed by atoms with van der Waals surface area (Å²) < 4.78 is 13.5. The van der Waals surface area contributed by atoms with E-state index in [4.69, 9.17) is 9.47 Å². The van der Waals surface area contributed by atoms with Gasteiger partial charge in [0.2, 0.25) is 0 Å². The highest BCUT2D eigenvalue weighted by molar-refractivity contribution is 9.10. The Balaban J connectivity index is 1.95. The minimum atomic E-state index is -0.276. The molecular weight excluding hydrogens is 438 g/mol. The third-order valence-corrected chi connectivity index (χ3v) is 6.02. The molecule has 0 spiro atoms. The number of carbonyl (C=O) groups is 1. The molecule has 1 saturated heterocycles. The van der Waals surface area contributed by atoms with Gasteiger partial charge in [-0.2, -0.15) is 5.10 Å². The number of aromatic nitrogens is 3. The maximum atomic E-state index is 13.4. The Morgan fingerprint density at radius 3 is 2.97 bits per heavy atom. The Morgan fingerprint density at radius 1 is 1.41 bits per heavy atom. The van der Waals surface area contributed by atoms with Crippen molar-refractivity contribution in [3.8, 4) is 0 Å². The maximum Gasteiger partial charge on any atom is 0.305 e. The Kier molecular flexibility index (Phi) is 5.74. The first-order chi connectivity index (χ1) is 14.0. The second-order valence-electron chi connectivity index (χ2n) is 7.44. The maximum absolute atomic E-state index is 13.4. The molecule has 2 aromatic heterocycles. The van der Waals surface area contributed by atoms with E-state index in [9.17, 15) is 9.59 Å². The van der Waals surface area contributed by atoms with Crippen molar-refractivity contribution in [1.29, 1.82) is 0 Å². The quantitative estimate of drug-likeness (QED) is 0.576. The fourth-order valence-electron chi connectivity index (χ4n) is 4.17. The standard InChI is InChI=1S/C21H24BrN3O4/c1-12-18-19(24-23-12)15-11-13(22)10-14(16-6-3-4-9-29-16)20(15)25(21(18)27)8-5-7-17(26)28-2/h10-11,16H,3-9H2,1-2H3,(H,23,24). The van der Waals surface area contributed by atoms with Crippen molar-refractivity contribution in [2.75, 3.05) is 13.7 Å². The van der Waals surface area contributed by atoms with E-state index in [1.165, 1.54) is 7.11 Å². The highest BCUT2D eigenvalue weighted by Crippen LogP contribution is 2.37. The van der Waals surface area contributed by atoms with E-state index in [0.717, 1.165) is 52.3 Å². The predicted octanol–water partition coefficient (Wildman–Crippen LogP) is 4.14. The minimum absolute atomic E-state index is 0.0588. The number of pyridine rings is 1. The molecule has 3 heterocycles. The van der Waals surface area contributed by atoms with Crippen molar-refractivity contribution in [1.82, 2.24) is 14.8 Å². The zero-order valence-electron chi connectivity index (χ0n) is 16.6. The Labute approximate surface area is 176 Å². The molecule has 0 aliphatic carbocycles. The Bertz CT molecular complexity index is 1130. The normalized spacial score (nSPS) is 17.1. The van der Waals surface area contributed by atoms with Crippen molar-refractivity contribution in [3.63, 3.8) is 0 Å². The lowest BCUT2D eigenvalue weighted by molar-refractivity contribution is -0.140. The molecule has 1 unspecified atom stereocenters. The topological polar surface area (TPSA) is 86.2 Å². The fraction of sp³-hybridized carbons (Fsp3) is 0.476. The lowest BCUT2D eigenvalue weighted by Crippen LogP contribution is -2.24. The van der Waals surface area contributed by atoms with Crippen LogP contribution in [-0.4, -0.2) is 34.5 Å². The van der Waals surface area contributed by atoms with Gasteiger partial charge in [-0.05, 0) is 44.7 Å². The first-order valence-corrected chi connectivity index (χ1v) is 10.7. The van der Waals surface area contributed by atoms with Gasteiger partial charge < -0.3 is 14.0 Å². The van der Waals surface area contributed by atoms with Crippen LogP contribution < -0.4 is 5.56 Å². The number of aryl methyl sites for hydroxylation is 2. The van der Waals surface area contributed by atoms with Gasteiger partial charge in [0.25, 0.3) is 5.56 Å². The molecule has 3 aromatic rings. The third kappa shape index (κ3) is 3.71. The van der Waals surface area contributed by atoms with Crippen LogP contribution in [0.15, 0.2) is 21.4 Å². The highest BCUT2D eigenvalue weighted by Gasteiger charge is 2.24. The van der Waals surface area contributed by atoms with Gasteiger partial charge in [-0.1, -0.05) is 15.9 Å². The monoisotopic (exact) mass is 461 g/mol. The summed E-state index contributed by atoms with van der Waals surface area (Å²) in [6.07, 6.45) is 3.79. The molecule has 7 nitrogen and oxygen atoms in total. The number of benzene rings is 1. The van der Waals surface area contributed by atoms with Crippen molar-refractivity contribution in [2.24, 2.45) is 0 Å². The Morgan fingerprint density at radius 2 is 2.24 bits per heavy atom. The van der Waals surface area contributed by atoms with Gasteiger partial charge >= 0.3 is 5.97 Å². The SMILES string of the molecule is COC(=O)CCCn1c(=O)c2c(C)n[nH]c2c2cc(Br)cc(C3CCCCO3)c21. The van der Waals surface area contributed by atoms with Crippen molar-refractivity contribution in [3.05, 3.63) is 38.2 Å². The number of methoxy groups -OCH3 is 1. The van der Waals surface area contributed by atoms with E-state index >= 15 is 0 Å². The molecule has 1 aliphatic rings. The summed E-state index contributed by atoms with van der Waals surface area (Å²) in [5.41, 5.74) is 3.17. The molecule has 154 valence electrons. The van der Waals surface area contributed by atoms with E-state index in [1.807, 2.05) is 19.1 Å². The fourth-order valence-corrected chi connectivity index (χ4v) is 4.64. The van der Waals surface area contributed by atoms with Crippen molar-refractivity contribution < 1.29 is 14.3 Å². The van der Waals surface area contributed by atoms with Gasteiger partial charge in [-0.15, -0.1) is 0 Å². The summed E-state index contributed by atoms with van der Waals surface area (Å²) in [6, 6.07) is 4.06. The van der Waals surface area contributed by atoms with Gasteiger partial charge in [0.05, 0.1) is 35.3 Å². The zero-order chi connectivity index (χ0) is 20.5. The summed E-state index contributed by atoms with van der Waals surface area (Å²) in [6.45, 7) is 2.97. The van der Waals surface area contributed by atoms with Crippen LogP contribution in [0.3, 0.4) is 0 Å². The average molecular weight is 462 g/mol. The lowest BCUT2D eigenvalue weighted by atomic mass is 9.97. The number of aromatic amines is 1. The predicted molar refractivity (Wildman–Crippen MR) is 114 cm³/mol. The van der Waals surface area contributed by atoms with E-state index in [-0.39, 0.29) is 24.1 Å². The van der Waals surface area contributed by atoms with Crippen LogP contribution in [0.5, 0.6) is 0 Å².